The maximum atomic E-state index is 12.7. The van der Waals surface area contributed by atoms with Gasteiger partial charge in [0.15, 0.2) is 0 Å². The second kappa shape index (κ2) is 8.92. The molecule has 0 aliphatic heterocycles. The molecule has 29 heavy (non-hydrogen) atoms. The quantitative estimate of drug-likeness (QED) is 0.643. The van der Waals surface area contributed by atoms with Crippen LogP contribution in [0.2, 0.25) is 0 Å². The van der Waals surface area contributed by atoms with E-state index in [0.717, 1.165) is 16.9 Å². The van der Waals surface area contributed by atoms with Gasteiger partial charge in [-0.05, 0) is 56.2 Å². The number of benzene rings is 2. The summed E-state index contributed by atoms with van der Waals surface area (Å²) >= 11 is 0. The average molecular weight is 394 g/mol. The van der Waals surface area contributed by atoms with Gasteiger partial charge in [-0.15, -0.1) is 0 Å². The third-order valence-electron chi connectivity index (χ3n) is 4.89. The number of aliphatic hydroxyl groups is 1. The number of anilines is 1. The maximum Gasteiger partial charge on any atom is 0.258 e. The van der Waals surface area contributed by atoms with Crippen LogP contribution in [-0.4, -0.2) is 28.8 Å². The van der Waals surface area contributed by atoms with E-state index < -0.39 is 0 Å². The Morgan fingerprint density at radius 1 is 1.21 bits per heavy atom. The molecule has 1 atom stereocenters. The van der Waals surface area contributed by atoms with E-state index in [2.05, 4.69) is 5.32 Å². The highest BCUT2D eigenvalue weighted by Gasteiger charge is 2.12. The summed E-state index contributed by atoms with van der Waals surface area (Å²) in [6, 6.07) is 12.4. The number of hydrogen-bond donors (Lipinski definition) is 2. The van der Waals surface area contributed by atoms with Gasteiger partial charge in [0, 0.05) is 22.7 Å². The van der Waals surface area contributed by atoms with E-state index in [0.29, 0.717) is 23.1 Å². The Morgan fingerprint density at radius 3 is 2.69 bits per heavy atom. The van der Waals surface area contributed by atoms with Gasteiger partial charge in [-0.2, -0.15) is 0 Å². The molecule has 0 aliphatic rings. The van der Waals surface area contributed by atoms with Crippen molar-refractivity contribution in [3.8, 4) is 5.75 Å². The van der Waals surface area contributed by atoms with Gasteiger partial charge in [-0.1, -0.05) is 18.2 Å². The van der Waals surface area contributed by atoms with Crippen LogP contribution in [-0.2, 0) is 11.2 Å². The van der Waals surface area contributed by atoms with Crippen LogP contribution in [0.3, 0.4) is 0 Å². The van der Waals surface area contributed by atoms with Gasteiger partial charge in [0.2, 0.25) is 5.91 Å². The van der Waals surface area contributed by atoms with Crippen LogP contribution in [0.4, 0.5) is 5.69 Å². The summed E-state index contributed by atoms with van der Waals surface area (Å²) in [5.41, 5.74) is 2.28. The van der Waals surface area contributed by atoms with Crippen LogP contribution in [0.1, 0.15) is 31.0 Å². The van der Waals surface area contributed by atoms with Crippen LogP contribution >= 0.6 is 0 Å². The molecule has 1 unspecified atom stereocenters. The van der Waals surface area contributed by atoms with Crippen LogP contribution in [0.15, 0.2) is 53.5 Å². The van der Waals surface area contributed by atoms with E-state index in [-0.39, 0.29) is 30.5 Å². The normalized spacial score (nSPS) is 12.0. The number of aliphatic hydroxyl groups excluding tert-OH is 1. The summed E-state index contributed by atoms with van der Waals surface area (Å²) in [5, 5.41) is 13.4. The summed E-state index contributed by atoms with van der Waals surface area (Å²) in [6.45, 7) is 6.14. The zero-order chi connectivity index (χ0) is 21.0. The molecule has 1 heterocycles. The molecule has 0 saturated heterocycles. The number of amides is 1. The molecule has 2 N–H and O–H groups in total. The molecule has 0 aliphatic carbocycles. The van der Waals surface area contributed by atoms with Gasteiger partial charge in [0.25, 0.3) is 5.56 Å². The van der Waals surface area contributed by atoms with Gasteiger partial charge in [0.1, 0.15) is 5.75 Å². The minimum absolute atomic E-state index is 0.122. The standard InChI is InChI=1S/C23H26N2O4/c1-4-29-21-9-8-17(12-15(21)2)13-22(27)24-20-7-5-6-19-18(20)10-11-25(23(19)28)16(3)14-26/h5-12,16,26H,4,13-14H2,1-3H3,(H,24,27). The Labute approximate surface area is 169 Å². The lowest BCUT2D eigenvalue weighted by Crippen LogP contribution is -2.25. The summed E-state index contributed by atoms with van der Waals surface area (Å²) in [5.74, 6) is 0.660. The van der Waals surface area contributed by atoms with E-state index in [1.54, 1.807) is 37.4 Å². The summed E-state index contributed by atoms with van der Waals surface area (Å²) in [7, 11) is 0. The van der Waals surface area contributed by atoms with E-state index in [9.17, 15) is 14.7 Å². The van der Waals surface area contributed by atoms with Crippen LogP contribution in [0.25, 0.3) is 10.8 Å². The zero-order valence-electron chi connectivity index (χ0n) is 16.9. The van der Waals surface area contributed by atoms with Crippen molar-refractivity contribution >= 4 is 22.4 Å². The second-order valence-electron chi connectivity index (χ2n) is 7.08. The number of hydrogen-bond acceptors (Lipinski definition) is 4. The van der Waals surface area contributed by atoms with E-state index >= 15 is 0 Å². The number of pyridine rings is 1. The minimum atomic E-state index is -0.312. The van der Waals surface area contributed by atoms with Crippen molar-refractivity contribution in [1.82, 2.24) is 4.57 Å². The third-order valence-corrected chi connectivity index (χ3v) is 4.89. The molecule has 1 aromatic heterocycles. The molecule has 0 fully saturated rings. The van der Waals surface area contributed by atoms with Crippen molar-refractivity contribution < 1.29 is 14.6 Å². The SMILES string of the molecule is CCOc1ccc(CC(=O)Nc2cccc3c(=O)n(C(C)CO)ccc23)cc1C. The Balaban J connectivity index is 1.83. The molecule has 1 amide bonds. The van der Waals surface area contributed by atoms with E-state index in [4.69, 9.17) is 4.74 Å². The molecule has 152 valence electrons. The number of aryl methyl sites for hydroxylation is 1. The van der Waals surface area contributed by atoms with Crippen LogP contribution in [0.5, 0.6) is 5.75 Å². The lowest BCUT2D eigenvalue weighted by Gasteiger charge is -2.15. The molecular weight excluding hydrogens is 368 g/mol. The Kier molecular flexibility index (Phi) is 6.34. The first kappa shape index (κ1) is 20.6. The fraction of sp³-hybridized carbons (Fsp3) is 0.304. The van der Waals surface area contributed by atoms with Crippen LogP contribution < -0.4 is 15.6 Å². The minimum Gasteiger partial charge on any atom is -0.494 e. The van der Waals surface area contributed by atoms with Gasteiger partial charge in [0.05, 0.1) is 25.7 Å². The predicted octanol–water partition coefficient (Wildman–Crippen LogP) is 3.44. The van der Waals surface area contributed by atoms with Crippen molar-refractivity contribution in [2.45, 2.75) is 33.2 Å². The number of rotatable bonds is 7. The molecule has 0 bridgehead atoms. The lowest BCUT2D eigenvalue weighted by atomic mass is 10.1. The fourth-order valence-electron chi connectivity index (χ4n) is 3.36. The van der Waals surface area contributed by atoms with Crippen molar-refractivity contribution in [3.05, 3.63) is 70.1 Å². The first-order valence-corrected chi connectivity index (χ1v) is 9.71. The molecular formula is C23H26N2O4. The monoisotopic (exact) mass is 394 g/mol. The Hall–Kier alpha value is -3.12. The second-order valence-corrected chi connectivity index (χ2v) is 7.08. The summed E-state index contributed by atoms with van der Waals surface area (Å²) in [6.07, 6.45) is 1.87. The van der Waals surface area contributed by atoms with Gasteiger partial charge in [-0.25, -0.2) is 0 Å². The molecule has 0 radical (unpaired) electrons. The third kappa shape index (κ3) is 4.49. The zero-order valence-corrected chi connectivity index (χ0v) is 16.9. The molecule has 6 nitrogen and oxygen atoms in total. The highest BCUT2D eigenvalue weighted by molar-refractivity contribution is 6.02. The average Bonchev–Trinajstić information content (AvgIpc) is 2.70. The fourth-order valence-corrected chi connectivity index (χ4v) is 3.36. The molecule has 3 rings (SSSR count). The number of nitrogens with zero attached hydrogens (tertiary/aromatic N) is 1. The van der Waals surface area contributed by atoms with Gasteiger partial charge < -0.3 is 19.7 Å². The molecule has 0 saturated carbocycles. The maximum absolute atomic E-state index is 12.7. The smallest absolute Gasteiger partial charge is 0.258 e. The summed E-state index contributed by atoms with van der Waals surface area (Å²) in [4.78, 5) is 25.3. The number of nitrogens with one attached hydrogen (secondary N) is 1. The first-order valence-electron chi connectivity index (χ1n) is 9.71. The molecule has 3 aromatic rings. The first-order chi connectivity index (χ1) is 13.9. The number of aromatic nitrogens is 1. The largest absolute Gasteiger partial charge is 0.494 e. The molecule has 0 spiro atoms. The lowest BCUT2D eigenvalue weighted by molar-refractivity contribution is -0.115. The van der Waals surface area contributed by atoms with E-state index in [1.807, 2.05) is 32.0 Å². The number of carbonyl (C=O) groups excluding carboxylic acids is 1. The highest BCUT2D eigenvalue weighted by Crippen LogP contribution is 2.23. The van der Waals surface area contributed by atoms with Crippen molar-refractivity contribution in [2.75, 3.05) is 18.5 Å². The molecule has 6 heteroatoms. The Morgan fingerprint density at radius 2 is 2.00 bits per heavy atom. The predicted molar refractivity (Wildman–Crippen MR) is 115 cm³/mol. The topological polar surface area (TPSA) is 80.6 Å². The Bertz CT molecular complexity index is 1090. The van der Waals surface area contributed by atoms with Gasteiger partial charge >= 0.3 is 0 Å². The number of fused-ring (bicyclic) bond motifs is 1. The molecule has 2 aromatic carbocycles. The van der Waals surface area contributed by atoms with Crippen LogP contribution in [0, 0.1) is 6.92 Å². The number of carbonyl (C=O) groups is 1. The van der Waals surface area contributed by atoms with Crippen molar-refractivity contribution in [1.29, 1.82) is 0 Å². The van der Waals surface area contributed by atoms with Gasteiger partial charge in [-0.3, -0.25) is 9.59 Å². The highest BCUT2D eigenvalue weighted by atomic mass is 16.5. The number of ether oxygens (including phenoxy) is 1. The van der Waals surface area contributed by atoms with Crippen molar-refractivity contribution in [2.24, 2.45) is 0 Å². The van der Waals surface area contributed by atoms with Crippen molar-refractivity contribution in [3.63, 3.8) is 0 Å². The van der Waals surface area contributed by atoms with E-state index in [1.165, 1.54) is 4.57 Å². The summed E-state index contributed by atoms with van der Waals surface area (Å²) < 4.78 is 7.04.